The van der Waals surface area contributed by atoms with E-state index in [4.69, 9.17) is 21.1 Å². The zero-order chi connectivity index (χ0) is 19.5. The minimum atomic E-state index is -0.253. The molecule has 6 heteroatoms. The number of nitrogens with zero attached hydrogens (tertiary/aromatic N) is 1. The third-order valence-corrected chi connectivity index (χ3v) is 4.27. The molecule has 0 unspecified atom stereocenters. The van der Waals surface area contributed by atoms with Gasteiger partial charge in [0.15, 0.2) is 0 Å². The van der Waals surface area contributed by atoms with Crippen LogP contribution in [0.5, 0.6) is 11.5 Å². The minimum absolute atomic E-state index is 0.123. The van der Waals surface area contributed by atoms with Crippen LogP contribution in [-0.2, 0) is 11.2 Å². The lowest BCUT2D eigenvalue weighted by Gasteiger charge is -2.06. The summed E-state index contributed by atoms with van der Waals surface area (Å²) in [6, 6.07) is 12.8. The summed E-state index contributed by atoms with van der Waals surface area (Å²) in [7, 11) is 1.57. The highest BCUT2D eigenvalue weighted by Crippen LogP contribution is 2.22. The zero-order valence-corrected chi connectivity index (χ0v) is 16.5. The first-order valence-corrected chi connectivity index (χ1v) is 9.37. The Hall–Kier alpha value is -2.53. The first kappa shape index (κ1) is 20.8. The van der Waals surface area contributed by atoms with Gasteiger partial charge in [-0.05, 0) is 60.0 Å². The van der Waals surface area contributed by atoms with Crippen molar-refractivity contribution in [2.24, 2.45) is 5.10 Å². The van der Waals surface area contributed by atoms with Gasteiger partial charge in [0.25, 0.3) is 0 Å². The number of halogens is 1. The van der Waals surface area contributed by atoms with Gasteiger partial charge in [-0.2, -0.15) is 5.10 Å². The third kappa shape index (κ3) is 7.31. The van der Waals surface area contributed by atoms with Crippen LogP contribution in [0.3, 0.4) is 0 Å². The normalized spacial score (nSPS) is 10.8. The molecule has 2 aromatic carbocycles. The molecular formula is C21H25ClN2O3. The topological polar surface area (TPSA) is 59.9 Å². The number of hydrogen-bond acceptors (Lipinski definition) is 4. The number of carbonyl (C=O) groups is 1. The van der Waals surface area contributed by atoms with E-state index in [1.54, 1.807) is 31.5 Å². The van der Waals surface area contributed by atoms with Crippen LogP contribution in [0.25, 0.3) is 0 Å². The summed E-state index contributed by atoms with van der Waals surface area (Å²) in [6.07, 6.45) is 5.12. The molecule has 27 heavy (non-hydrogen) atoms. The monoisotopic (exact) mass is 388 g/mol. The highest BCUT2D eigenvalue weighted by atomic mass is 35.5. The van der Waals surface area contributed by atoms with Crippen molar-refractivity contribution in [1.29, 1.82) is 0 Å². The third-order valence-electron chi connectivity index (χ3n) is 3.90. The zero-order valence-electron chi connectivity index (χ0n) is 15.7. The van der Waals surface area contributed by atoms with Crippen LogP contribution in [0, 0.1) is 0 Å². The van der Waals surface area contributed by atoms with Crippen LogP contribution < -0.4 is 14.9 Å². The largest absolute Gasteiger partial charge is 0.497 e. The summed E-state index contributed by atoms with van der Waals surface area (Å²) < 4.78 is 10.8. The van der Waals surface area contributed by atoms with Gasteiger partial charge in [-0.15, -0.1) is 0 Å². The predicted molar refractivity (Wildman–Crippen MR) is 109 cm³/mol. The summed E-state index contributed by atoms with van der Waals surface area (Å²) in [5.74, 6) is 1.24. The molecule has 0 bridgehead atoms. The molecule has 1 amide bonds. The van der Waals surface area contributed by atoms with Crippen molar-refractivity contribution in [3.05, 3.63) is 58.6 Å². The second-order valence-electron chi connectivity index (χ2n) is 6.05. The lowest BCUT2D eigenvalue weighted by molar-refractivity contribution is -0.120. The number of ether oxygens (including phenoxy) is 2. The fraction of sp³-hybridized carbons (Fsp3) is 0.333. The molecule has 0 aliphatic carbocycles. The first-order valence-electron chi connectivity index (χ1n) is 8.99. The van der Waals surface area contributed by atoms with Crippen LogP contribution in [0.15, 0.2) is 47.6 Å². The molecule has 1 N–H and O–H groups in total. The van der Waals surface area contributed by atoms with Gasteiger partial charge in [0.05, 0.1) is 26.4 Å². The molecule has 0 saturated heterocycles. The molecule has 144 valence electrons. The summed E-state index contributed by atoms with van der Waals surface area (Å²) in [5, 5.41) is 4.50. The number of hydrogen-bond donors (Lipinski definition) is 1. The maximum Gasteiger partial charge on any atom is 0.244 e. The van der Waals surface area contributed by atoms with Crippen molar-refractivity contribution in [2.75, 3.05) is 13.7 Å². The molecule has 0 aliphatic heterocycles. The molecule has 0 atom stereocenters. The van der Waals surface area contributed by atoms with E-state index in [9.17, 15) is 4.79 Å². The van der Waals surface area contributed by atoms with Crippen LogP contribution in [0.1, 0.15) is 37.3 Å². The van der Waals surface area contributed by atoms with E-state index in [1.807, 2.05) is 24.3 Å². The number of hydrazone groups is 1. The van der Waals surface area contributed by atoms with Gasteiger partial charge in [-0.3, -0.25) is 4.79 Å². The molecule has 0 heterocycles. The molecule has 0 saturated carbocycles. The van der Waals surface area contributed by atoms with Crippen molar-refractivity contribution >= 4 is 23.7 Å². The maximum atomic E-state index is 12.0. The van der Waals surface area contributed by atoms with E-state index in [-0.39, 0.29) is 12.3 Å². The second kappa shape index (κ2) is 11.2. The Morgan fingerprint density at radius 2 is 1.89 bits per heavy atom. The van der Waals surface area contributed by atoms with Gasteiger partial charge in [0.2, 0.25) is 5.91 Å². The van der Waals surface area contributed by atoms with Crippen LogP contribution in [-0.4, -0.2) is 25.8 Å². The summed E-state index contributed by atoms with van der Waals surface area (Å²) in [6.45, 7) is 2.89. The Balaban J connectivity index is 1.81. The fourth-order valence-corrected chi connectivity index (χ4v) is 2.58. The lowest BCUT2D eigenvalue weighted by Crippen LogP contribution is -2.20. The molecule has 0 spiro atoms. The number of amides is 1. The number of nitrogens with one attached hydrogen (secondary N) is 1. The Bertz CT molecular complexity index is 761. The van der Waals surface area contributed by atoms with Crippen molar-refractivity contribution < 1.29 is 14.3 Å². The minimum Gasteiger partial charge on any atom is -0.497 e. The van der Waals surface area contributed by atoms with E-state index in [2.05, 4.69) is 17.5 Å². The Morgan fingerprint density at radius 3 is 2.59 bits per heavy atom. The molecular weight excluding hydrogens is 364 g/mol. The Kier molecular flexibility index (Phi) is 8.65. The molecule has 5 nitrogen and oxygen atoms in total. The van der Waals surface area contributed by atoms with Gasteiger partial charge in [0.1, 0.15) is 11.5 Å². The number of benzene rings is 2. The second-order valence-corrected chi connectivity index (χ2v) is 6.46. The number of carbonyl (C=O) groups excluding carboxylic acids is 1. The average molecular weight is 389 g/mol. The quantitative estimate of drug-likeness (QED) is 0.367. The Labute approximate surface area is 165 Å². The summed E-state index contributed by atoms with van der Waals surface area (Å²) >= 11 is 6.11. The van der Waals surface area contributed by atoms with Gasteiger partial charge < -0.3 is 9.47 Å². The van der Waals surface area contributed by atoms with E-state index >= 15 is 0 Å². The fourth-order valence-electron chi connectivity index (χ4n) is 2.40. The van der Waals surface area contributed by atoms with Gasteiger partial charge in [-0.1, -0.05) is 31.4 Å². The van der Waals surface area contributed by atoms with Crippen molar-refractivity contribution in [3.8, 4) is 11.5 Å². The van der Waals surface area contributed by atoms with E-state index in [0.717, 1.165) is 24.3 Å². The molecule has 2 rings (SSSR count). The van der Waals surface area contributed by atoms with Crippen molar-refractivity contribution in [2.45, 2.75) is 32.6 Å². The molecule has 0 aromatic heterocycles. The van der Waals surface area contributed by atoms with Crippen LogP contribution in [0.2, 0.25) is 5.02 Å². The average Bonchev–Trinajstić information content (AvgIpc) is 2.68. The molecule has 0 aliphatic rings. The first-order chi connectivity index (χ1) is 13.1. The van der Waals surface area contributed by atoms with Gasteiger partial charge in [-0.25, -0.2) is 5.43 Å². The van der Waals surface area contributed by atoms with Crippen molar-refractivity contribution in [1.82, 2.24) is 5.43 Å². The van der Waals surface area contributed by atoms with E-state index < -0.39 is 0 Å². The smallest absolute Gasteiger partial charge is 0.244 e. The van der Waals surface area contributed by atoms with Crippen LogP contribution in [0.4, 0.5) is 0 Å². The van der Waals surface area contributed by atoms with Crippen molar-refractivity contribution in [3.63, 3.8) is 0 Å². The van der Waals surface area contributed by atoms with E-state index in [0.29, 0.717) is 16.3 Å². The highest BCUT2D eigenvalue weighted by Gasteiger charge is 2.08. The summed E-state index contributed by atoms with van der Waals surface area (Å²) in [4.78, 5) is 12.0. The lowest BCUT2D eigenvalue weighted by atomic mass is 10.1. The maximum absolute atomic E-state index is 12.0. The van der Waals surface area contributed by atoms with E-state index in [1.165, 1.54) is 12.8 Å². The predicted octanol–water partition coefficient (Wildman–Crippen LogP) is 4.61. The molecule has 2 aromatic rings. The number of rotatable bonds is 10. The van der Waals surface area contributed by atoms with Gasteiger partial charge >= 0.3 is 0 Å². The highest BCUT2D eigenvalue weighted by molar-refractivity contribution is 6.31. The SMILES string of the molecule is CCCCCOc1ccc(/C=N/NC(=O)Cc2cc(OC)ccc2Cl)cc1. The Morgan fingerprint density at radius 1 is 1.15 bits per heavy atom. The number of unbranched alkanes of at least 4 members (excludes halogenated alkanes) is 2. The standard InChI is InChI=1S/C21H25ClN2O3/c1-3-4-5-12-27-18-8-6-16(7-9-18)15-23-24-21(25)14-17-13-19(26-2)10-11-20(17)22/h6-11,13,15H,3-5,12,14H2,1-2H3,(H,24,25)/b23-15+. The van der Waals surface area contributed by atoms with Crippen LogP contribution >= 0.6 is 11.6 Å². The number of methoxy groups -OCH3 is 1. The molecule has 0 radical (unpaired) electrons. The molecule has 0 fully saturated rings. The summed E-state index contributed by atoms with van der Waals surface area (Å²) in [5.41, 5.74) is 4.07. The van der Waals surface area contributed by atoms with Gasteiger partial charge in [0, 0.05) is 5.02 Å².